The van der Waals surface area contributed by atoms with E-state index in [4.69, 9.17) is 4.52 Å². The van der Waals surface area contributed by atoms with Gasteiger partial charge in [-0.25, -0.2) is 9.37 Å². The highest BCUT2D eigenvalue weighted by Crippen LogP contribution is 2.27. The van der Waals surface area contributed by atoms with E-state index in [2.05, 4.69) is 27.3 Å². The number of halogens is 1. The van der Waals surface area contributed by atoms with Gasteiger partial charge in [0.15, 0.2) is 5.16 Å². The van der Waals surface area contributed by atoms with E-state index in [0.717, 1.165) is 16.4 Å². The quantitative estimate of drug-likeness (QED) is 0.462. The van der Waals surface area contributed by atoms with Crippen molar-refractivity contribution >= 4 is 11.8 Å². The smallest absolute Gasteiger partial charge is 0.237 e. The monoisotopic (exact) mass is 380 g/mol. The number of benzene rings is 2. The molecule has 0 N–H and O–H groups in total. The Balaban J connectivity index is 1.48. The molecule has 0 aliphatic rings. The maximum absolute atomic E-state index is 13.7. The van der Waals surface area contributed by atoms with Gasteiger partial charge >= 0.3 is 0 Å². The van der Waals surface area contributed by atoms with Crippen molar-refractivity contribution < 1.29 is 8.91 Å². The Labute approximate surface area is 160 Å². The number of rotatable bonds is 5. The van der Waals surface area contributed by atoms with Crippen molar-refractivity contribution in [2.24, 2.45) is 7.05 Å². The van der Waals surface area contributed by atoms with Gasteiger partial charge in [0.05, 0.1) is 17.6 Å². The van der Waals surface area contributed by atoms with Crippen molar-refractivity contribution in [1.82, 2.24) is 19.7 Å². The van der Waals surface area contributed by atoms with Crippen molar-refractivity contribution in [3.63, 3.8) is 0 Å². The topological polar surface area (TPSA) is 56.7 Å². The van der Waals surface area contributed by atoms with Gasteiger partial charge in [-0.15, -0.1) is 0 Å². The second kappa shape index (κ2) is 7.36. The minimum absolute atomic E-state index is 0.283. The van der Waals surface area contributed by atoms with Crippen LogP contribution in [0.2, 0.25) is 0 Å². The highest BCUT2D eigenvalue weighted by molar-refractivity contribution is 7.98. The zero-order valence-corrected chi connectivity index (χ0v) is 15.7. The number of nitrogens with zero attached hydrogens (tertiary/aromatic N) is 4. The molecule has 0 amide bonds. The predicted octanol–water partition coefficient (Wildman–Crippen LogP) is 4.88. The zero-order chi connectivity index (χ0) is 18.8. The Kier molecular flexibility index (Phi) is 4.77. The maximum atomic E-state index is 13.7. The number of hydrogen-bond donors (Lipinski definition) is 0. The summed E-state index contributed by atoms with van der Waals surface area (Å²) in [7, 11) is 1.98. The molecule has 0 radical (unpaired) electrons. The summed E-state index contributed by atoms with van der Waals surface area (Å²) in [6, 6.07) is 15.0. The molecule has 0 saturated heterocycles. The van der Waals surface area contributed by atoms with Gasteiger partial charge in [-0.3, -0.25) is 0 Å². The van der Waals surface area contributed by atoms with Crippen LogP contribution in [0.1, 0.15) is 11.5 Å². The van der Waals surface area contributed by atoms with Gasteiger partial charge in [0.2, 0.25) is 11.7 Å². The second-order valence-corrected chi connectivity index (χ2v) is 7.06. The molecule has 0 aliphatic carbocycles. The van der Waals surface area contributed by atoms with Gasteiger partial charge in [0, 0.05) is 12.6 Å². The summed E-state index contributed by atoms with van der Waals surface area (Å²) in [6.07, 6.45) is 1.85. The maximum Gasteiger partial charge on any atom is 0.237 e. The molecular formula is C20H17FN4OS. The number of thioether (sulfide) groups is 1. The van der Waals surface area contributed by atoms with Crippen molar-refractivity contribution in [1.29, 1.82) is 0 Å². The lowest BCUT2D eigenvalue weighted by molar-refractivity contribution is 0.391. The van der Waals surface area contributed by atoms with E-state index < -0.39 is 0 Å². The van der Waals surface area contributed by atoms with Crippen LogP contribution in [0.25, 0.3) is 22.6 Å². The molecule has 0 saturated carbocycles. The normalized spacial score (nSPS) is 11.1. The number of aromatic nitrogens is 4. The average Bonchev–Trinajstić information content (AvgIpc) is 3.30. The zero-order valence-electron chi connectivity index (χ0n) is 14.9. The van der Waals surface area contributed by atoms with Crippen LogP contribution in [-0.2, 0) is 12.8 Å². The Morgan fingerprint density at radius 3 is 2.70 bits per heavy atom. The van der Waals surface area contributed by atoms with E-state index in [1.807, 2.05) is 36.0 Å². The molecule has 27 heavy (non-hydrogen) atoms. The average molecular weight is 380 g/mol. The van der Waals surface area contributed by atoms with Crippen molar-refractivity contribution in [3.05, 3.63) is 72.0 Å². The number of imidazole rings is 1. The predicted molar refractivity (Wildman–Crippen MR) is 103 cm³/mol. The summed E-state index contributed by atoms with van der Waals surface area (Å²) < 4.78 is 21.1. The van der Waals surface area contributed by atoms with Crippen LogP contribution in [0.5, 0.6) is 0 Å². The minimum Gasteiger partial charge on any atom is -0.338 e. The van der Waals surface area contributed by atoms with Crippen LogP contribution in [0, 0.1) is 12.7 Å². The van der Waals surface area contributed by atoms with Crippen LogP contribution in [0.4, 0.5) is 4.39 Å². The molecule has 0 aliphatic heterocycles. The first-order valence-corrected chi connectivity index (χ1v) is 9.39. The summed E-state index contributed by atoms with van der Waals surface area (Å²) >= 11 is 1.51. The second-order valence-electron chi connectivity index (χ2n) is 6.12. The molecule has 0 spiro atoms. The third kappa shape index (κ3) is 3.64. The Morgan fingerprint density at radius 2 is 1.93 bits per heavy atom. The molecule has 2 heterocycles. The molecule has 7 heteroatoms. The third-order valence-electron chi connectivity index (χ3n) is 4.24. The molecule has 0 atom stereocenters. The van der Waals surface area contributed by atoms with Crippen LogP contribution in [-0.4, -0.2) is 19.7 Å². The summed E-state index contributed by atoms with van der Waals surface area (Å²) in [5.74, 6) is 1.06. The fourth-order valence-corrected chi connectivity index (χ4v) is 3.48. The van der Waals surface area contributed by atoms with Crippen molar-refractivity contribution in [3.8, 4) is 22.6 Å². The first kappa shape index (κ1) is 17.5. The van der Waals surface area contributed by atoms with Gasteiger partial charge in [-0.1, -0.05) is 59.4 Å². The van der Waals surface area contributed by atoms with Crippen LogP contribution < -0.4 is 0 Å². The van der Waals surface area contributed by atoms with Crippen LogP contribution in [0.3, 0.4) is 0 Å². The van der Waals surface area contributed by atoms with Crippen molar-refractivity contribution in [2.75, 3.05) is 0 Å². The lowest BCUT2D eigenvalue weighted by Crippen LogP contribution is -1.94. The molecular weight excluding hydrogens is 363 g/mol. The Bertz CT molecular complexity index is 1070. The van der Waals surface area contributed by atoms with Crippen LogP contribution in [0.15, 0.2) is 64.4 Å². The summed E-state index contributed by atoms with van der Waals surface area (Å²) in [4.78, 5) is 8.84. The van der Waals surface area contributed by atoms with E-state index >= 15 is 0 Å². The molecule has 4 rings (SSSR count). The fraction of sp³-hybridized carbons (Fsp3) is 0.150. The Morgan fingerprint density at radius 1 is 1.11 bits per heavy atom. The SMILES string of the molecule is Cc1ccc(-c2noc(CSc3ncc(-c4ccccc4)n3C)n2)cc1F. The lowest BCUT2D eigenvalue weighted by atomic mass is 10.1. The molecule has 2 aromatic heterocycles. The molecule has 0 fully saturated rings. The number of aryl methyl sites for hydroxylation is 1. The molecule has 136 valence electrons. The summed E-state index contributed by atoms with van der Waals surface area (Å²) in [6.45, 7) is 1.72. The van der Waals surface area contributed by atoms with Gasteiger partial charge in [0.1, 0.15) is 5.82 Å². The molecule has 2 aromatic carbocycles. The summed E-state index contributed by atoms with van der Waals surface area (Å²) in [5.41, 5.74) is 3.34. The first-order chi connectivity index (χ1) is 13.1. The van der Waals surface area contributed by atoms with E-state index in [-0.39, 0.29) is 5.82 Å². The first-order valence-electron chi connectivity index (χ1n) is 8.41. The van der Waals surface area contributed by atoms with Crippen LogP contribution >= 0.6 is 11.8 Å². The van der Waals surface area contributed by atoms with Gasteiger partial charge in [0.25, 0.3) is 0 Å². The molecule has 0 bridgehead atoms. The molecule has 0 unspecified atom stereocenters. The molecule has 5 nitrogen and oxygen atoms in total. The lowest BCUT2D eigenvalue weighted by Gasteiger charge is -2.04. The molecule has 4 aromatic rings. The Hall–Kier alpha value is -2.93. The van der Waals surface area contributed by atoms with E-state index in [1.165, 1.54) is 17.8 Å². The highest BCUT2D eigenvalue weighted by Gasteiger charge is 2.13. The fourth-order valence-electron chi connectivity index (χ4n) is 2.69. The van der Waals surface area contributed by atoms with Crippen molar-refractivity contribution in [2.45, 2.75) is 17.8 Å². The van der Waals surface area contributed by atoms with E-state index in [9.17, 15) is 4.39 Å². The van der Waals surface area contributed by atoms with E-state index in [0.29, 0.717) is 28.6 Å². The standard InChI is InChI=1S/C20H17FN4OS/c1-13-8-9-15(10-16(13)21)19-23-18(26-24-19)12-27-20-22-11-17(25(20)2)14-6-4-3-5-7-14/h3-11H,12H2,1-2H3. The largest absolute Gasteiger partial charge is 0.338 e. The van der Waals surface area contributed by atoms with E-state index in [1.54, 1.807) is 19.1 Å². The van der Waals surface area contributed by atoms with Gasteiger partial charge in [-0.2, -0.15) is 4.98 Å². The third-order valence-corrected chi connectivity index (χ3v) is 5.27. The van der Waals surface area contributed by atoms with Gasteiger partial charge < -0.3 is 9.09 Å². The van der Waals surface area contributed by atoms with Gasteiger partial charge in [-0.05, 0) is 24.1 Å². The minimum atomic E-state index is -0.283. The number of hydrogen-bond acceptors (Lipinski definition) is 5. The summed E-state index contributed by atoms with van der Waals surface area (Å²) in [5, 5.41) is 4.81. The highest BCUT2D eigenvalue weighted by atomic mass is 32.2.